The summed E-state index contributed by atoms with van der Waals surface area (Å²) in [6, 6.07) is 32.1. The maximum absolute atomic E-state index is 10.3. The van der Waals surface area contributed by atoms with Crippen molar-refractivity contribution < 1.29 is 19.7 Å². The number of ether oxygens (including phenoxy) is 2. The molecule has 0 unspecified atom stereocenters. The molecule has 4 rings (SSSR count). The number of phenolic OH excluding ortho intramolecular Hbond substituents is 2. The Hall–Kier alpha value is -3.92. The third kappa shape index (κ3) is 6.32. The van der Waals surface area contributed by atoms with Gasteiger partial charge >= 0.3 is 0 Å². The van der Waals surface area contributed by atoms with Crippen molar-refractivity contribution in [3.63, 3.8) is 0 Å². The molecule has 0 spiro atoms. The molecule has 0 saturated carbocycles. The molecule has 0 bridgehead atoms. The lowest BCUT2D eigenvalue weighted by Crippen LogP contribution is -2.00. The van der Waals surface area contributed by atoms with E-state index in [2.05, 4.69) is 12.1 Å². The van der Waals surface area contributed by atoms with Gasteiger partial charge in [-0.05, 0) is 73.2 Å². The van der Waals surface area contributed by atoms with Crippen molar-refractivity contribution in [2.24, 2.45) is 0 Å². The molecule has 0 atom stereocenters. The summed E-state index contributed by atoms with van der Waals surface area (Å²) >= 11 is 0. The minimum atomic E-state index is 0.193. The summed E-state index contributed by atoms with van der Waals surface area (Å²) in [5, 5.41) is 20.6. The monoisotopic (exact) mass is 452 g/mol. The van der Waals surface area contributed by atoms with Gasteiger partial charge in [0.2, 0.25) is 0 Å². The SMILES string of the molecule is Oc1cc(OCCCCCCOc2ccc(-c3[c]cccc3)c(O)c2)ccc1-c1[c]cccc1. The minimum absolute atomic E-state index is 0.193. The lowest BCUT2D eigenvalue weighted by molar-refractivity contribution is 0.286. The van der Waals surface area contributed by atoms with Crippen molar-refractivity contribution in [2.45, 2.75) is 25.7 Å². The smallest absolute Gasteiger partial charge is 0.127 e. The Bertz CT molecular complexity index is 1080. The molecule has 0 aliphatic carbocycles. The van der Waals surface area contributed by atoms with E-state index < -0.39 is 0 Å². The lowest BCUT2D eigenvalue weighted by atomic mass is 10.0. The molecule has 0 saturated heterocycles. The highest BCUT2D eigenvalue weighted by atomic mass is 16.5. The Morgan fingerprint density at radius 3 is 1.41 bits per heavy atom. The maximum atomic E-state index is 10.3. The number of hydrogen-bond donors (Lipinski definition) is 2. The lowest BCUT2D eigenvalue weighted by Gasteiger charge is -2.10. The summed E-state index contributed by atoms with van der Waals surface area (Å²) in [5.74, 6) is 1.71. The number of hydrogen-bond acceptors (Lipinski definition) is 4. The van der Waals surface area contributed by atoms with Gasteiger partial charge in [-0.3, -0.25) is 0 Å². The summed E-state index contributed by atoms with van der Waals surface area (Å²) in [6.45, 7) is 1.20. The molecule has 4 nitrogen and oxygen atoms in total. The van der Waals surface area contributed by atoms with Gasteiger partial charge in [0, 0.05) is 23.3 Å². The number of unbranched alkanes of at least 4 members (excludes halogenated alkanes) is 3. The van der Waals surface area contributed by atoms with Crippen LogP contribution in [-0.2, 0) is 0 Å². The normalized spacial score (nSPS) is 10.7. The van der Waals surface area contributed by atoms with Gasteiger partial charge in [0.15, 0.2) is 0 Å². The molecule has 0 aliphatic rings. The average Bonchev–Trinajstić information content (AvgIpc) is 2.87. The Labute approximate surface area is 201 Å². The predicted molar refractivity (Wildman–Crippen MR) is 134 cm³/mol. The largest absolute Gasteiger partial charge is 0.507 e. The summed E-state index contributed by atoms with van der Waals surface area (Å²) in [6.07, 6.45) is 3.91. The molecule has 172 valence electrons. The summed E-state index contributed by atoms with van der Waals surface area (Å²) < 4.78 is 11.6. The molecule has 4 aromatic rings. The van der Waals surface area contributed by atoms with Gasteiger partial charge in [0.05, 0.1) is 13.2 Å². The van der Waals surface area contributed by atoms with Crippen LogP contribution in [0.5, 0.6) is 23.0 Å². The molecule has 2 N–H and O–H groups in total. The highest BCUT2D eigenvalue weighted by Gasteiger charge is 2.07. The molecular weight excluding hydrogens is 424 g/mol. The third-order valence-corrected chi connectivity index (χ3v) is 5.51. The fraction of sp³-hybridized carbons (Fsp3) is 0.200. The number of benzene rings is 4. The van der Waals surface area contributed by atoms with Crippen LogP contribution in [0.1, 0.15) is 25.7 Å². The maximum Gasteiger partial charge on any atom is 0.127 e. The average molecular weight is 453 g/mol. The van der Waals surface area contributed by atoms with Crippen molar-refractivity contribution in [3.05, 3.63) is 97.1 Å². The van der Waals surface area contributed by atoms with Gasteiger partial charge in [-0.2, -0.15) is 0 Å². The second-order valence-corrected chi connectivity index (χ2v) is 8.02. The first-order valence-electron chi connectivity index (χ1n) is 11.6. The zero-order valence-electron chi connectivity index (χ0n) is 19.0. The topological polar surface area (TPSA) is 58.9 Å². The molecule has 2 radical (unpaired) electrons. The van der Waals surface area contributed by atoms with E-state index in [0.29, 0.717) is 24.7 Å². The Morgan fingerprint density at radius 2 is 1.03 bits per heavy atom. The minimum Gasteiger partial charge on any atom is -0.507 e. The molecule has 0 aromatic heterocycles. The highest BCUT2D eigenvalue weighted by Crippen LogP contribution is 2.33. The second kappa shape index (κ2) is 11.8. The van der Waals surface area contributed by atoms with Gasteiger partial charge < -0.3 is 19.7 Å². The van der Waals surface area contributed by atoms with Crippen LogP contribution < -0.4 is 9.47 Å². The highest BCUT2D eigenvalue weighted by molar-refractivity contribution is 5.71. The molecule has 0 fully saturated rings. The van der Waals surface area contributed by atoms with Crippen LogP contribution >= 0.6 is 0 Å². The third-order valence-electron chi connectivity index (χ3n) is 5.51. The van der Waals surface area contributed by atoms with Crippen molar-refractivity contribution in [2.75, 3.05) is 13.2 Å². The summed E-state index contributed by atoms with van der Waals surface area (Å²) in [5.41, 5.74) is 3.20. The van der Waals surface area contributed by atoms with Gasteiger partial charge in [-0.15, -0.1) is 0 Å². The summed E-state index contributed by atoms with van der Waals surface area (Å²) in [4.78, 5) is 0. The van der Waals surface area contributed by atoms with Gasteiger partial charge in [-0.1, -0.05) is 48.5 Å². The van der Waals surface area contributed by atoms with Crippen molar-refractivity contribution >= 4 is 0 Å². The van der Waals surface area contributed by atoms with Gasteiger partial charge in [-0.25, -0.2) is 0 Å². The molecule has 0 amide bonds. The first-order valence-corrected chi connectivity index (χ1v) is 11.6. The Morgan fingerprint density at radius 1 is 0.559 bits per heavy atom. The van der Waals surface area contributed by atoms with Gasteiger partial charge in [0.25, 0.3) is 0 Å². The van der Waals surface area contributed by atoms with E-state index in [1.807, 2.05) is 72.8 Å². The van der Waals surface area contributed by atoms with E-state index in [4.69, 9.17) is 9.47 Å². The van der Waals surface area contributed by atoms with Crippen molar-refractivity contribution in [1.29, 1.82) is 0 Å². The van der Waals surface area contributed by atoms with Crippen LogP contribution in [-0.4, -0.2) is 23.4 Å². The summed E-state index contributed by atoms with van der Waals surface area (Å²) in [7, 11) is 0. The standard InChI is InChI=1S/C30H28O4/c31-29-21-25(15-17-27(29)23-11-5-3-6-12-23)33-19-9-1-2-10-20-34-26-16-18-28(30(32)22-26)24-13-7-4-8-14-24/h3-8,11,13,15-18,21-22,31-32H,1-2,9-10,19-20H2. The van der Waals surface area contributed by atoms with Crippen LogP contribution in [0.3, 0.4) is 0 Å². The van der Waals surface area contributed by atoms with E-state index in [1.165, 1.54) is 0 Å². The van der Waals surface area contributed by atoms with E-state index in [-0.39, 0.29) is 11.5 Å². The number of aromatic hydroxyl groups is 2. The fourth-order valence-corrected chi connectivity index (χ4v) is 3.72. The van der Waals surface area contributed by atoms with Crippen molar-refractivity contribution in [3.8, 4) is 45.3 Å². The van der Waals surface area contributed by atoms with Crippen LogP contribution in [0.2, 0.25) is 0 Å². The Kier molecular flexibility index (Phi) is 8.07. The van der Waals surface area contributed by atoms with Crippen molar-refractivity contribution in [1.82, 2.24) is 0 Å². The zero-order valence-corrected chi connectivity index (χ0v) is 19.0. The first-order chi connectivity index (χ1) is 16.7. The van der Waals surface area contributed by atoms with Crippen LogP contribution in [0.25, 0.3) is 22.3 Å². The van der Waals surface area contributed by atoms with E-state index in [0.717, 1.165) is 47.9 Å². The zero-order chi connectivity index (χ0) is 23.6. The molecule has 0 aliphatic heterocycles. The molecule has 4 heteroatoms. The number of rotatable bonds is 11. The van der Waals surface area contributed by atoms with Crippen LogP contribution in [0, 0.1) is 12.1 Å². The number of phenols is 2. The van der Waals surface area contributed by atoms with Crippen LogP contribution in [0.4, 0.5) is 0 Å². The predicted octanol–water partition coefficient (Wildman–Crippen LogP) is 7.05. The Balaban J connectivity index is 1.13. The van der Waals surface area contributed by atoms with Crippen LogP contribution in [0.15, 0.2) is 84.9 Å². The first kappa shape index (κ1) is 23.2. The fourth-order valence-electron chi connectivity index (χ4n) is 3.72. The molecule has 4 aromatic carbocycles. The molecule has 0 heterocycles. The van der Waals surface area contributed by atoms with E-state index >= 15 is 0 Å². The van der Waals surface area contributed by atoms with E-state index in [1.54, 1.807) is 12.1 Å². The quantitative estimate of drug-likeness (QED) is 0.239. The second-order valence-electron chi connectivity index (χ2n) is 8.02. The van der Waals surface area contributed by atoms with E-state index in [9.17, 15) is 10.2 Å². The van der Waals surface area contributed by atoms with Gasteiger partial charge in [0.1, 0.15) is 23.0 Å². The molecule has 34 heavy (non-hydrogen) atoms. The molecular formula is C30H28O4.